The summed E-state index contributed by atoms with van der Waals surface area (Å²) < 4.78 is 0.940. The number of carbonyl (C=O) groups excluding carboxylic acids is 1. The summed E-state index contributed by atoms with van der Waals surface area (Å²) in [4.78, 5) is 10.8. The number of thioether (sulfide) groups is 1. The largest absolute Gasteiger partial charge is 0.300 e. The first-order chi connectivity index (χ1) is 7.27. The van der Waals surface area contributed by atoms with Gasteiger partial charge >= 0.3 is 0 Å². The quantitative estimate of drug-likeness (QED) is 0.506. The molecule has 16 heavy (non-hydrogen) atoms. The Hall–Kier alpha value is -0.240. The van der Waals surface area contributed by atoms with Crippen molar-refractivity contribution in [1.82, 2.24) is 0 Å². The molecule has 0 aliphatic carbocycles. The van der Waals surface area contributed by atoms with Gasteiger partial charge in [0.05, 0.1) is 0 Å². The van der Waals surface area contributed by atoms with Crippen LogP contribution in [0, 0.1) is 0 Å². The van der Waals surface area contributed by atoms with Crippen molar-refractivity contribution in [2.24, 2.45) is 0 Å². The van der Waals surface area contributed by atoms with Gasteiger partial charge in [0.25, 0.3) is 0 Å². The first kappa shape index (κ1) is 13.8. The fraction of sp³-hybridized carbons (Fsp3) is 0.786. The second kappa shape index (κ2) is 4.95. The van der Waals surface area contributed by atoms with E-state index in [1.165, 1.54) is 18.4 Å². The van der Waals surface area contributed by atoms with Gasteiger partial charge in [0.2, 0.25) is 0 Å². The third-order valence-corrected chi connectivity index (χ3v) is 5.62. The van der Waals surface area contributed by atoms with Crippen LogP contribution in [0.5, 0.6) is 0 Å². The van der Waals surface area contributed by atoms with E-state index >= 15 is 0 Å². The topological polar surface area (TPSA) is 17.1 Å². The molecule has 1 fully saturated rings. The molecule has 0 aromatic carbocycles. The van der Waals surface area contributed by atoms with Crippen molar-refractivity contribution in [3.63, 3.8) is 0 Å². The van der Waals surface area contributed by atoms with Crippen molar-refractivity contribution in [3.8, 4) is 0 Å². The molecule has 0 aromatic rings. The van der Waals surface area contributed by atoms with E-state index in [-0.39, 0.29) is 5.78 Å². The molecule has 0 bridgehead atoms. The number of allylic oxidation sites excluding steroid dienone is 2. The normalized spacial score (nSPS) is 27.9. The second-order valence-corrected chi connectivity index (χ2v) is 7.76. The van der Waals surface area contributed by atoms with Gasteiger partial charge in [0, 0.05) is 15.9 Å². The van der Waals surface area contributed by atoms with E-state index in [1.54, 1.807) is 6.92 Å². The van der Waals surface area contributed by atoms with E-state index in [9.17, 15) is 4.79 Å². The van der Waals surface area contributed by atoms with Crippen LogP contribution in [0.4, 0.5) is 0 Å². The maximum Gasteiger partial charge on any atom is 0.130 e. The third kappa shape index (κ3) is 3.65. The Bertz CT molecular complexity index is 304. The zero-order chi connectivity index (χ0) is 12.4. The molecular weight excluding hydrogens is 216 g/mol. The molecule has 1 unspecified atom stereocenters. The Morgan fingerprint density at radius 2 is 1.75 bits per heavy atom. The lowest BCUT2D eigenvalue weighted by Crippen LogP contribution is -2.15. The van der Waals surface area contributed by atoms with E-state index in [4.69, 9.17) is 0 Å². The van der Waals surface area contributed by atoms with Crippen molar-refractivity contribution in [2.45, 2.75) is 69.8 Å². The predicted molar refractivity (Wildman–Crippen MR) is 73.0 cm³/mol. The molecule has 0 spiro atoms. The second-order valence-electron chi connectivity index (χ2n) is 5.63. The number of carbonyl (C=O) groups is 1. The third-order valence-electron chi connectivity index (χ3n) is 3.70. The Morgan fingerprint density at radius 1 is 1.19 bits per heavy atom. The van der Waals surface area contributed by atoms with Crippen LogP contribution in [0.25, 0.3) is 0 Å². The molecule has 2 heteroatoms. The first-order valence-electron chi connectivity index (χ1n) is 6.12. The molecular formula is C14H24OS. The van der Waals surface area contributed by atoms with E-state index in [2.05, 4.69) is 45.5 Å². The molecule has 0 aromatic heterocycles. The predicted octanol–water partition coefficient (Wildman–Crippen LogP) is 4.37. The number of Topliss-reactive ketones (excluding diaryl/α,β-unsaturated/α-hetero) is 1. The van der Waals surface area contributed by atoms with Gasteiger partial charge in [0.1, 0.15) is 5.78 Å². The average molecular weight is 240 g/mol. The maximum atomic E-state index is 10.8. The monoisotopic (exact) mass is 240 g/mol. The van der Waals surface area contributed by atoms with Crippen LogP contribution in [-0.4, -0.2) is 15.3 Å². The van der Waals surface area contributed by atoms with Crippen molar-refractivity contribution in [3.05, 3.63) is 11.6 Å². The highest BCUT2D eigenvalue weighted by atomic mass is 32.2. The van der Waals surface area contributed by atoms with Crippen LogP contribution < -0.4 is 0 Å². The van der Waals surface area contributed by atoms with Crippen LogP contribution in [0.15, 0.2) is 11.6 Å². The Morgan fingerprint density at radius 3 is 2.19 bits per heavy atom. The van der Waals surface area contributed by atoms with Crippen molar-refractivity contribution in [2.75, 3.05) is 0 Å². The number of rotatable bonds is 6. The molecule has 0 radical (unpaired) electrons. The molecule has 92 valence electrons. The minimum Gasteiger partial charge on any atom is -0.300 e. The molecule has 1 aliphatic heterocycles. The lowest BCUT2D eigenvalue weighted by molar-refractivity contribution is -0.116. The van der Waals surface area contributed by atoms with E-state index in [0.717, 1.165) is 6.42 Å². The van der Waals surface area contributed by atoms with Crippen molar-refractivity contribution in [1.29, 1.82) is 0 Å². The molecule has 1 heterocycles. The number of ketones is 1. The van der Waals surface area contributed by atoms with Crippen LogP contribution in [-0.2, 0) is 4.79 Å². The average Bonchev–Trinajstić information content (AvgIpc) is 2.63. The fourth-order valence-electron chi connectivity index (χ4n) is 1.95. The van der Waals surface area contributed by atoms with E-state index in [1.807, 2.05) is 0 Å². The van der Waals surface area contributed by atoms with Gasteiger partial charge in [-0.3, -0.25) is 0 Å². The van der Waals surface area contributed by atoms with Gasteiger partial charge in [-0.1, -0.05) is 11.6 Å². The SMILES string of the molecule is CC(=O)CCC=C(C)CCC1(C)SC1(C)C. The minimum atomic E-state index is 0.287. The summed E-state index contributed by atoms with van der Waals surface area (Å²) in [7, 11) is 0. The smallest absolute Gasteiger partial charge is 0.130 e. The molecule has 1 nitrogen and oxygen atoms in total. The standard InChI is InChI=1S/C14H24OS/c1-11(7-6-8-12(2)15)9-10-14(5)13(3,4)16-14/h7H,6,8-10H2,1-5H3. The summed E-state index contributed by atoms with van der Waals surface area (Å²) in [6.45, 7) is 10.9. The molecule has 1 atom stereocenters. The number of hydrogen-bond acceptors (Lipinski definition) is 2. The van der Waals surface area contributed by atoms with Crippen LogP contribution in [0.1, 0.15) is 60.3 Å². The summed E-state index contributed by atoms with van der Waals surface area (Å²) >= 11 is 2.09. The summed E-state index contributed by atoms with van der Waals surface area (Å²) in [5, 5.41) is 0. The zero-order valence-corrected chi connectivity index (χ0v) is 12.0. The van der Waals surface area contributed by atoms with Gasteiger partial charge < -0.3 is 4.79 Å². The summed E-state index contributed by atoms with van der Waals surface area (Å²) in [5.74, 6) is 0.287. The van der Waals surface area contributed by atoms with Crippen LogP contribution in [0.2, 0.25) is 0 Å². The molecule has 1 saturated heterocycles. The molecule has 0 saturated carbocycles. The highest BCUT2D eigenvalue weighted by molar-refractivity contribution is 8.09. The van der Waals surface area contributed by atoms with Gasteiger partial charge in [-0.2, -0.15) is 0 Å². The first-order valence-corrected chi connectivity index (χ1v) is 6.94. The van der Waals surface area contributed by atoms with Gasteiger partial charge in [-0.15, -0.1) is 11.8 Å². The zero-order valence-electron chi connectivity index (χ0n) is 11.2. The summed E-state index contributed by atoms with van der Waals surface area (Å²) in [6.07, 6.45) is 6.26. The Balaban J connectivity index is 2.25. The molecule has 0 amide bonds. The van der Waals surface area contributed by atoms with Gasteiger partial charge in [0.15, 0.2) is 0 Å². The van der Waals surface area contributed by atoms with E-state index < -0.39 is 0 Å². The van der Waals surface area contributed by atoms with Gasteiger partial charge in [-0.25, -0.2) is 0 Å². The Kier molecular flexibility index (Phi) is 4.28. The molecule has 1 rings (SSSR count). The van der Waals surface area contributed by atoms with Gasteiger partial charge in [-0.05, 0) is 53.9 Å². The molecule has 0 N–H and O–H groups in total. The highest BCUT2D eigenvalue weighted by Gasteiger charge is 2.57. The van der Waals surface area contributed by atoms with Crippen LogP contribution >= 0.6 is 11.8 Å². The molecule has 1 aliphatic rings. The van der Waals surface area contributed by atoms with E-state index in [0.29, 0.717) is 15.9 Å². The summed E-state index contributed by atoms with van der Waals surface area (Å²) in [5.41, 5.74) is 1.44. The highest BCUT2D eigenvalue weighted by Crippen LogP contribution is 2.65. The number of hydrogen-bond donors (Lipinski definition) is 0. The fourth-order valence-corrected chi connectivity index (χ4v) is 3.33. The van der Waals surface area contributed by atoms with Crippen LogP contribution in [0.3, 0.4) is 0 Å². The summed E-state index contributed by atoms with van der Waals surface area (Å²) in [6, 6.07) is 0. The van der Waals surface area contributed by atoms with Crippen molar-refractivity contribution >= 4 is 17.5 Å². The lowest BCUT2D eigenvalue weighted by Gasteiger charge is -2.11. The minimum absolute atomic E-state index is 0.287. The van der Waals surface area contributed by atoms with Crippen molar-refractivity contribution < 1.29 is 4.79 Å². The maximum absolute atomic E-state index is 10.8. The Labute approximate surface area is 104 Å². The lowest BCUT2D eigenvalue weighted by atomic mass is 9.91.